The predicted molar refractivity (Wildman–Crippen MR) is 77.9 cm³/mol. The Labute approximate surface area is 121 Å². The van der Waals surface area contributed by atoms with Crippen molar-refractivity contribution in [2.45, 2.75) is 31.4 Å². The lowest BCUT2D eigenvalue weighted by Crippen LogP contribution is -2.10. The van der Waals surface area contributed by atoms with Crippen LogP contribution in [-0.2, 0) is 6.18 Å². The Morgan fingerprint density at radius 3 is 2.24 bits per heavy atom. The van der Waals surface area contributed by atoms with Crippen molar-refractivity contribution in [2.75, 3.05) is 5.73 Å². The molecule has 0 amide bonds. The molecule has 1 aliphatic carbocycles. The highest BCUT2D eigenvalue weighted by Crippen LogP contribution is 2.43. The molecule has 2 N–H and O–H groups in total. The van der Waals surface area contributed by atoms with Crippen LogP contribution in [0.2, 0.25) is 0 Å². The SMILES string of the molecule is Nc1cc(C(F)(F)F)ccc1-c1ccccc1C1CCC1. The number of hydrogen-bond acceptors (Lipinski definition) is 1. The quantitative estimate of drug-likeness (QED) is 0.754. The molecule has 1 nitrogen and oxygen atoms in total. The number of rotatable bonds is 2. The van der Waals surface area contributed by atoms with E-state index >= 15 is 0 Å². The van der Waals surface area contributed by atoms with E-state index in [1.54, 1.807) is 0 Å². The number of nitrogens with two attached hydrogens (primary N) is 1. The van der Waals surface area contributed by atoms with Crippen LogP contribution in [0.5, 0.6) is 0 Å². The topological polar surface area (TPSA) is 26.0 Å². The van der Waals surface area contributed by atoms with Crippen LogP contribution in [0.25, 0.3) is 11.1 Å². The molecule has 0 aromatic heterocycles. The normalized spacial score (nSPS) is 15.8. The summed E-state index contributed by atoms with van der Waals surface area (Å²) < 4.78 is 38.2. The summed E-state index contributed by atoms with van der Waals surface area (Å²) in [6.45, 7) is 0. The number of anilines is 1. The molecule has 1 saturated carbocycles. The fraction of sp³-hybridized carbons (Fsp3) is 0.294. The number of alkyl halides is 3. The zero-order chi connectivity index (χ0) is 15.0. The van der Waals surface area contributed by atoms with Gasteiger partial charge in [-0.25, -0.2) is 0 Å². The van der Waals surface area contributed by atoms with Crippen LogP contribution in [0, 0.1) is 0 Å². The third-order valence-corrected chi connectivity index (χ3v) is 4.17. The molecule has 0 saturated heterocycles. The molecule has 2 aromatic carbocycles. The molecule has 4 heteroatoms. The van der Waals surface area contributed by atoms with Crippen molar-refractivity contribution in [1.29, 1.82) is 0 Å². The summed E-state index contributed by atoms with van der Waals surface area (Å²) in [5.74, 6) is 0.503. The van der Waals surface area contributed by atoms with Crippen molar-refractivity contribution in [3.8, 4) is 11.1 Å². The van der Waals surface area contributed by atoms with Crippen molar-refractivity contribution in [1.82, 2.24) is 0 Å². The van der Waals surface area contributed by atoms with Gasteiger partial charge in [-0.05, 0) is 42.0 Å². The average Bonchev–Trinajstić information content (AvgIpc) is 2.36. The van der Waals surface area contributed by atoms with Crippen molar-refractivity contribution < 1.29 is 13.2 Å². The van der Waals surface area contributed by atoms with E-state index in [0.29, 0.717) is 11.5 Å². The number of nitrogen functional groups attached to an aromatic ring is 1. The maximum atomic E-state index is 12.7. The summed E-state index contributed by atoms with van der Waals surface area (Å²) >= 11 is 0. The molecule has 0 heterocycles. The van der Waals surface area contributed by atoms with Gasteiger partial charge in [-0.3, -0.25) is 0 Å². The van der Waals surface area contributed by atoms with Crippen LogP contribution >= 0.6 is 0 Å². The van der Waals surface area contributed by atoms with Gasteiger partial charge < -0.3 is 5.73 Å². The van der Waals surface area contributed by atoms with Gasteiger partial charge in [0, 0.05) is 11.3 Å². The highest BCUT2D eigenvalue weighted by Gasteiger charge is 2.31. The van der Waals surface area contributed by atoms with Crippen LogP contribution in [0.4, 0.5) is 18.9 Å². The van der Waals surface area contributed by atoms with Gasteiger partial charge in [0.05, 0.1) is 5.56 Å². The van der Waals surface area contributed by atoms with Gasteiger partial charge in [0.2, 0.25) is 0 Å². The first-order valence-corrected chi connectivity index (χ1v) is 7.03. The Hall–Kier alpha value is -1.97. The largest absolute Gasteiger partial charge is 0.416 e. The Balaban J connectivity index is 2.05. The van der Waals surface area contributed by atoms with Crippen LogP contribution in [0.15, 0.2) is 42.5 Å². The first-order valence-electron chi connectivity index (χ1n) is 7.03. The molecule has 0 atom stereocenters. The Bertz CT molecular complexity index is 657. The van der Waals surface area contributed by atoms with Gasteiger partial charge >= 0.3 is 6.18 Å². The Morgan fingerprint density at radius 1 is 0.952 bits per heavy atom. The molecule has 0 unspecified atom stereocenters. The smallest absolute Gasteiger partial charge is 0.398 e. The van der Waals surface area contributed by atoms with E-state index in [9.17, 15) is 13.2 Å². The molecular weight excluding hydrogens is 275 g/mol. The third-order valence-electron chi connectivity index (χ3n) is 4.17. The van der Waals surface area contributed by atoms with Gasteiger partial charge in [-0.1, -0.05) is 36.8 Å². The van der Waals surface area contributed by atoms with Crippen molar-refractivity contribution in [3.63, 3.8) is 0 Å². The van der Waals surface area contributed by atoms with E-state index in [4.69, 9.17) is 5.73 Å². The molecule has 1 aliphatic rings. The maximum absolute atomic E-state index is 12.7. The molecule has 2 aromatic rings. The molecule has 0 bridgehead atoms. The zero-order valence-electron chi connectivity index (χ0n) is 11.5. The maximum Gasteiger partial charge on any atom is 0.416 e. The van der Waals surface area contributed by atoms with E-state index in [1.165, 1.54) is 18.1 Å². The van der Waals surface area contributed by atoms with Crippen LogP contribution < -0.4 is 5.73 Å². The monoisotopic (exact) mass is 291 g/mol. The summed E-state index contributed by atoms with van der Waals surface area (Å²) in [7, 11) is 0. The minimum absolute atomic E-state index is 0.177. The lowest BCUT2D eigenvalue weighted by molar-refractivity contribution is -0.137. The number of benzene rings is 2. The van der Waals surface area contributed by atoms with E-state index in [1.807, 2.05) is 18.2 Å². The second-order valence-electron chi connectivity index (χ2n) is 5.51. The molecule has 3 rings (SSSR count). The second-order valence-corrected chi connectivity index (χ2v) is 5.51. The van der Waals surface area contributed by atoms with Gasteiger partial charge in [-0.15, -0.1) is 0 Å². The number of hydrogen-bond donors (Lipinski definition) is 1. The lowest BCUT2D eigenvalue weighted by atomic mass is 9.77. The van der Waals surface area contributed by atoms with Gasteiger partial charge in [0.15, 0.2) is 0 Å². The number of halogens is 3. The fourth-order valence-electron chi connectivity index (χ4n) is 2.80. The van der Waals surface area contributed by atoms with E-state index in [0.717, 1.165) is 30.5 Å². The molecule has 1 fully saturated rings. The van der Waals surface area contributed by atoms with Crippen LogP contribution in [0.1, 0.15) is 36.3 Å². The lowest BCUT2D eigenvalue weighted by Gasteiger charge is -2.28. The highest BCUT2D eigenvalue weighted by atomic mass is 19.4. The van der Waals surface area contributed by atoms with Crippen LogP contribution in [0.3, 0.4) is 0 Å². The standard InChI is InChI=1S/C17H16F3N/c18-17(19,20)12-8-9-15(16(21)10-12)14-7-2-1-6-13(14)11-4-3-5-11/h1-2,6-11H,3-5,21H2. The predicted octanol–water partition coefficient (Wildman–Crippen LogP) is 5.22. The average molecular weight is 291 g/mol. The first kappa shape index (κ1) is 14.0. The minimum atomic E-state index is -4.36. The van der Waals surface area contributed by atoms with Gasteiger partial charge in [-0.2, -0.15) is 13.2 Å². The van der Waals surface area contributed by atoms with E-state index in [2.05, 4.69) is 6.07 Å². The minimum Gasteiger partial charge on any atom is -0.398 e. The molecular formula is C17H16F3N. The molecule has 110 valence electrons. The van der Waals surface area contributed by atoms with E-state index < -0.39 is 11.7 Å². The Kier molecular flexibility index (Phi) is 3.40. The van der Waals surface area contributed by atoms with Gasteiger partial charge in [0.25, 0.3) is 0 Å². The molecule has 0 radical (unpaired) electrons. The van der Waals surface area contributed by atoms with Crippen LogP contribution in [-0.4, -0.2) is 0 Å². The summed E-state index contributed by atoms with van der Waals surface area (Å²) in [4.78, 5) is 0. The highest BCUT2D eigenvalue weighted by molar-refractivity contribution is 5.79. The van der Waals surface area contributed by atoms with Crippen molar-refractivity contribution in [2.24, 2.45) is 0 Å². The summed E-state index contributed by atoms with van der Waals surface area (Å²) in [5, 5.41) is 0. The molecule has 21 heavy (non-hydrogen) atoms. The van der Waals surface area contributed by atoms with Crippen molar-refractivity contribution in [3.05, 3.63) is 53.6 Å². The van der Waals surface area contributed by atoms with Gasteiger partial charge in [0.1, 0.15) is 0 Å². The third kappa shape index (κ3) is 2.62. The Morgan fingerprint density at radius 2 is 1.67 bits per heavy atom. The molecule has 0 aliphatic heterocycles. The van der Waals surface area contributed by atoms with Crippen molar-refractivity contribution >= 4 is 5.69 Å². The first-order chi connectivity index (χ1) is 9.97. The zero-order valence-corrected chi connectivity index (χ0v) is 11.5. The summed E-state index contributed by atoms with van der Waals surface area (Å²) in [5.41, 5.74) is 8.18. The summed E-state index contributed by atoms with van der Waals surface area (Å²) in [6.07, 6.45) is -0.878. The fourth-order valence-corrected chi connectivity index (χ4v) is 2.80. The molecule has 0 spiro atoms. The second kappa shape index (κ2) is 5.10. The summed E-state index contributed by atoms with van der Waals surface area (Å²) in [6, 6.07) is 11.5. The van der Waals surface area contributed by atoms with E-state index in [-0.39, 0.29) is 5.69 Å².